The molecule has 8 nitrogen and oxygen atoms in total. The summed E-state index contributed by atoms with van der Waals surface area (Å²) in [5.41, 5.74) is 6.10. The third-order valence-electron chi connectivity index (χ3n) is 2.37. The fraction of sp³-hybridized carbons (Fsp3) is 0.100. The Bertz CT molecular complexity index is 781. The number of hydrogen-bond acceptors (Lipinski definition) is 7. The number of aromatic nitrogens is 6. The minimum Gasteiger partial charge on any atom is -0.381 e. The lowest BCUT2D eigenvalue weighted by molar-refractivity contribution is 0.887. The van der Waals surface area contributed by atoms with E-state index in [1.807, 2.05) is 0 Å². The van der Waals surface area contributed by atoms with Crippen LogP contribution in [0.3, 0.4) is 0 Å². The fourth-order valence-electron chi connectivity index (χ4n) is 1.53. The molecule has 0 bridgehead atoms. The number of nitrogens with zero attached hydrogens (tertiary/aromatic N) is 5. The maximum absolute atomic E-state index is 11.7. The van der Waals surface area contributed by atoms with Crippen LogP contribution >= 0.6 is 11.8 Å². The van der Waals surface area contributed by atoms with Crippen LogP contribution in [0.4, 0.5) is 5.82 Å². The van der Waals surface area contributed by atoms with Gasteiger partial charge in [-0.05, 0) is 0 Å². The average Bonchev–Trinajstić information content (AvgIpc) is 2.87. The van der Waals surface area contributed by atoms with E-state index in [1.54, 1.807) is 6.20 Å². The largest absolute Gasteiger partial charge is 0.381 e. The molecule has 3 aromatic heterocycles. The molecule has 0 aliphatic rings. The van der Waals surface area contributed by atoms with Gasteiger partial charge in [0.15, 0.2) is 5.82 Å². The molecule has 3 aromatic rings. The van der Waals surface area contributed by atoms with Gasteiger partial charge in [0.05, 0.1) is 5.69 Å². The van der Waals surface area contributed by atoms with Gasteiger partial charge in [0.2, 0.25) is 0 Å². The van der Waals surface area contributed by atoms with Crippen LogP contribution in [0, 0.1) is 0 Å². The van der Waals surface area contributed by atoms with Gasteiger partial charge in [0.25, 0.3) is 11.3 Å². The third kappa shape index (κ3) is 2.27. The Balaban J connectivity index is 1.86. The van der Waals surface area contributed by atoms with E-state index < -0.39 is 0 Å². The number of nitrogen functional groups attached to an aromatic ring is 1. The molecule has 0 atom stereocenters. The molecule has 0 fully saturated rings. The molecule has 0 saturated heterocycles. The molecular weight excluding hydrogens is 266 g/mol. The first kappa shape index (κ1) is 11.7. The van der Waals surface area contributed by atoms with Gasteiger partial charge in [-0.2, -0.15) is 4.52 Å². The van der Waals surface area contributed by atoms with E-state index in [0.29, 0.717) is 28.1 Å². The Kier molecular flexibility index (Phi) is 2.88. The van der Waals surface area contributed by atoms with Crippen LogP contribution < -0.4 is 11.3 Å². The fourth-order valence-corrected chi connectivity index (χ4v) is 2.30. The second-order valence-electron chi connectivity index (χ2n) is 3.64. The summed E-state index contributed by atoms with van der Waals surface area (Å²) < 4.78 is 1.27. The number of nitrogens with one attached hydrogen (secondary N) is 1. The van der Waals surface area contributed by atoms with E-state index in [1.165, 1.54) is 34.9 Å². The summed E-state index contributed by atoms with van der Waals surface area (Å²) in [5.74, 6) is 1.18. The number of thioether (sulfide) groups is 1. The van der Waals surface area contributed by atoms with E-state index >= 15 is 0 Å². The lowest BCUT2D eigenvalue weighted by atomic mass is 10.4. The summed E-state index contributed by atoms with van der Waals surface area (Å²) in [6.07, 6.45) is 4.51. The summed E-state index contributed by atoms with van der Waals surface area (Å²) in [6, 6.07) is 1.45. The molecular formula is C10H9N7OS. The Morgan fingerprint density at radius 2 is 2.16 bits per heavy atom. The summed E-state index contributed by atoms with van der Waals surface area (Å²) in [5, 5.41) is 3.30. The van der Waals surface area contributed by atoms with Crippen molar-refractivity contribution in [1.29, 1.82) is 0 Å². The normalized spacial score (nSPS) is 10.9. The Labute approximate surface area is 111 Å². The van der Waals surface area contributed by atoms with Crippen molar-refractivity contribution >= 4 is 23.4 Å². The quantitative estimate of drug-likeness (QED) is 0.650. The molecule has 0 amide bonds. The summed E-state index contributed by atoms with van der Waals surface area (Å²) in [4.78, 5) is 28.0. The van der Waals surface area contributed by atoms with Crippen molar-refractivity contribution < 1.29 is 0 Å². The summed E-state index contributed by atoms with van der Waals surface area (Å²) in [7, 11) is 0. The first-order valence-electron chi connectivity index (χ1n) is 5.35. The van der Waals surface area contributed by atoms with E-state index in [2.05, 4.69) is 25.0 Å². The first-order valence-corrected chi connectivity index (χ1v) is 6.34. The van der Waals surface area contributed by atoms with Crippen LogP contribution in [0.15, 0.2) is 34.6 Å². The summed E-state index contributed by atoms with van der Waals surface area (Å²) in [6.45, 7) is 0. The predicted octanol–water partition coefficient (Wildman–Crippen LogP) is 0.0821. The van der Waals surface area contributed by atoms with Crippen LogP contribution in [0.25, 0.3) is 5.78 Å². The molecule has 0 radical (unpaired) electrons. The van der Waals surface area contributed by atoms with Crippen molar-refractivity contribution in [3.05, 3.63) is 40.8 Å². The average molecular weight is 275 g/mol. The molecule has 0 saturated carbocycles. The number of rotatable bonds is 3. The molecule has 9 heteroatoms. The smallest absolute Gasteiger partial charge is 0.274 e. The van der Waals surface area contributed by atoms with Gasteiger partial charge in [-0.1, -0.05) is 11.8 Å². The topological polar surface area (TPSA) is 115 Å². The zero-order valence-electron chi connectivity index (χ0n) is 9.65. The van der Waals surface area contributed by atoms with Gasteiger partial charge in [0, 0.05) is 24.2 Å². The lowest BCUT2D eigenvalue weighted by Gasteiger charge is -2.02. The third-order valence-corrected chi connectivity index (χ3v) is 3.40. The van der Waals surface area contributed by atoms with Crippen molar-refractivity contribution in [2.75, 3.05) is 5.73 Å². The van der Waals surface area contributed by atoms with Crippen molar-refractivity contribution in [2.45, 2.75) is 10.8 Å². The van der Waals surface area contributed by atoms with Crippen LogP contribution in [-0.2, 0) is 5.75 Å². The van der Waals surface area contributed by atoms with E-state index in [-0.39, 0.29) is 5.56 Å². The molecule has 3 heterocycles. The SMILES string of the molecule is Nc1nccnc1SCc1cc(=O)n2[nH]cnc2n1. The lowest BCUT2D eigenvalue weighted by Crippen LogP contribution is -2.15. The zero-order valence-corrected chi connectivity index (χ0v) is 10.5. The van der Waals surface area contributed by atoms with E-state index in [4.69, 9.17) is 5.73 Å². The molecule has 3 N–H and O–H groups in total. The first-order chi connectivity index (χ1) is 9.24. The van der Waals surface area contributed by atoms with Gasteiger partial charge in [0.1, 0.15) is 11.4 Å². The maximum Gasteiger partial charge on any atom is 0.274 e. The van der Waals surface area contributed by atoms with Gasteiger partial charge in [-0.3, -0.25) is 9.89 Å². The molecule has 0 aromatic carbocycles. The second-order valence-corrected chi connectivity index (χ2v) is 4.61. The number of nitrogens with two attached hydrogens (primary N) is 1. The highest BCUT2D eigenvalue weighted by Gasteiger charge is 2.07. The minimum absolute atomic E-state index is 0.204. The van der Waals surface area contributed by atoms with Gasteiger partial charge in [-0.25, -0.2) is 19.9 Å². The van der Waals surface area contributed by atoms with Crippen molar-refractivity contribution in [3.8, 4) is 0 Å². The van der Waals surface area contributed by atoms with Crippen molar-refractivity contribution in [2.24, 2.45) is 0 Å². The molecule has 19 heavy (non-hydrogen) atoms. The number of anilines is 1. The highest BCUT2D eigenvalue weighted by molar-refractivity contribution is 7.98. The highest BCUT2D eigenvalue weighted by Crippen LogP contribution is 2.22. The van der Waals surface area contributed by atoms with Crippen molar-refractivity contribution in [1.82, 2.24) is 29.5 Å². The van der Waals surface area contributed by atoms with Crippen LogP contribution in [0.5, 0.6) is 0 Å². The number of aromatic amines is 1. The van der Waals surface area contributed by atoms with Crippen LogP contribution in [0.1, 0.15) is 5.69 Å². The molecule has 0 aliphatic heterocycles. The van der Waals surface area contributed by atoms with Crippen LogP contribution in [-0.4, -0.2) is 29.5 Å². The van der Waals surface area contributed by atoms with Crippen LogP contribution in [0.2, 0.25) is 0 Å². The summed E-state index contributed by atoms with van der Waals surface area (Å²) >= 11 is 1.37. The Hall–Kier alpha value is -2.42. The number of hydrogen-bond donors (Lipinski definition) is 2. The Morgan fingerprint density at radius 3 is 3.00 bits per heavy atom. The number of fused-ring (bicyclic) bond motifs is 1. The maximum atomic E-state index is 11.7. The molecule has 0 unspecified atom stereocenters. The van der Waals surface area contributed by atoms with Gasteiger partial charge in [-0.15, -0.1) is 0 Å². The van der Waals surface area contributed by atoms with E-state index in [9.17, 15) is 4.79 Å². The highest BCUT2D eigenvalue weighted by atomic mass is 32.2. The van der Waals surface area contributed by atoms with Crippen molar-refractivity contribution in [3.63, 3.8) is 0 Å². The minimum atomic E-state index is -0.204. The van der Waals surface area contributed by atoms with Gasteiger partial charge < -0.3 is 5.73 Å². The Morgan fingerprint density at radius 1 is 1.32 bits per heavy atom. The molecule has 3 rings (SSSR count). The zero-order chi connectivity index (χ0) is 13.2. The van der Waals surface area contributed by atoms with E-state index in [0.717, 1.165) is 0 Å². The molecule has 96 valence electrons. The molecule has 0 spiro atoms. The second kappa shape index (κ2) is 4.69. The number of H-pyrrole nitrogens is 1. The standard InChI is InChI=1S/C10H9N7OS/c11-8-9(13-2-1-12-8)19-4-6-3-7(18)17-10(16-6)14-5-15-17/h1-3,5H,4H2,(H2,11,12)(H,14,15,16). The predicted molar refractivity (Wildman–Crippen MR) is 69.6 cm³/mol. The van der Waals surface area contributed by atoms with Gasteiger partial charge >= 0.3 is 0 Å². The molecule has 0 aliphatic carbocycles. The monoisotopic (exact) mass is 275 g/mol.